The normalized spacial score (nSPS) is 13.4. The molecule has 1 aromatic rings. The average molecular weight is 297 g/mol. The molecular formula is C10H13ClO4S2. The van der Waals surface area contributed by atoms with Crippen molar-refractivity contribution in [3.63, 3.8) is 0 Å². The summed E-state index contributed by atoms with van der Waals surface area (Å²) in [6.07, 6.45) is 0.508. The van der Waals surface area contributed by atoms with E-state index in [0.29, 0.717) is 12.0 Å². The molecule has 1 aromatic heterocycles. The summed E-state index contributed by atoms with van der Waals surface area (Å²) in [4.78, 5) is 11.7. The van der Waals surface area contributed by atoms with Gasteiger partial charge in [-0.2, -0.15) is 0 Å². The highest BCUT2D eigenvalue weighted by Crippen LogP contribution is 2.29. The van der Waals surface area contributed by atoms with Gasteiger partial charge in [-0.15, -0.1) is 11.3 Å². The molecular weight excluding hydrogens is 284 g/mol. The van der Waals surface area contributed by atoms with E-state index in [1.807, 2.05) is 6.92 Å². The summed E-state index contributed by atoms with van der Waals surface area (Å²) in [5.41, 5.74) is 0.604. The summed E-state index contributed by atoms with van der Waals surface area (Å²) in [5.74, 6) is -0.514. The lowest BCUT2D eigenvalue weighted by molar-refractivity contribution is 0.0334. The van der Waals surface area contributed by atoms with E-state index < -0.39 is 15.0 Å². The van der Waals surface area contributed by atoms with Crippen LogP contribution in [0.1, 0.15) is 36.2 Å². The summed E-state index contributed by atoms with van der Waals surface area (Å²) in [6.45, 7) is 5.21. The van der Waals surface area contributed by atoms with Gasteiger partial charge in [-0.1, -0.05) is 6.92 Å². The topological polar surface area (TPSA) is 60.4 Å². The zero-order valence-electron chi connectivity index (χ0n) is 9.69. The molecule has 4 nitrogen and oxygen atoms in total. The fraction of sp³-hybridized carbons (Fsp3) is 0.500. The monoisotopic (exact) mass is 296 g/mol. The standard InChI is InChI=1S/C10H13ClO4S2/c1-4-6(2)15-9(12)8-5-16-10(7(8)3)17(11,13)14/h5-6H,4H2,1-3H3. The lowest BCUT2D eigenvalue weighted by Crippen LogP contribution is -2.14. The molecule has 0 aliphatic carbocycles. The van der Waals surface area contributed by atoms with E-state index in [0.717, 1.165) is 11.3 Å². The SMILES string of the molecule is CCC(C)OC(=O)c1csc(S(=O)(=O)Cl)c1C. The van der Waals surface area contributed by atoms with Crippen LogP contribution in [0.5, 0.6) is 0 Å². The van der Waals surface area contributed by atoms with Crippen LogP contribution >= 0.6 is 22.0 Å². The van der Waals surface area contributed by atoms with E-state index in [9.17, 15) is 13.2 Å². The van der Waals surface area contributed by atoms with Gasteiger partial charge in [0, 0.05) is 16.1 Å². The lowest BCUT2D eigenvalue weighted by Gasteiger charge is -2.10. The minimum absolute atomic E-state index is 0.00438. The Morgan fingerprint density at radius 2 is 2.18 bits per heavy atom. The van der Waals surface area contributed by atoms with Gasteiger partial charge in [0.05, 0.1) is 11.7 Å². The fourth-order valence-corrected chi connectivity index (χ4v) is 3.71. The van der Waals surface area contributed by atoms with Crippen LogP contribution in [0.2, 0.25) is 0 Å². The molecule has 17 heavy (non-hydrogen) atoms. The summed E-state index contributed by atoms with van der Waals surface area (Å²) in [7, 11) is 1.45. The van der Waals surface area contributed by atoms with E-state index in [2.05, 4.69) is 0 Å². The van der Waals surface area contributed by atoms with Crippen molar-refractivity contribution in [1.29, 1.82) is 0 Å². The fourth-order valence-electron chi connectivity index (χ4n) is 1.17. The van der Waals surface area contributed by atoms with Crippen LogP contribution in [0, 0.1) is 6.92 Å². The van der Waals surface area contributed by atoms with E-state index in [4.69, 9.17) is 15.4 Å². The molecule has 0 radical (unpaired) electrons. The number of halogens is 1. The number of thiophene rings is 1. The number of hydrogen-bond acceptors (Lipinski definition) is 5. The van der Waals surface area contributed by atoms with E-state index in [1.54, 1.807) is 13.8 Å². The molecule has 0 aliphatic heterocycles. The number of carbonyl (C=O) groups is 1. The minimum Gasteiger partial charge on any atom is -0.459 e. The lowest BCUT2D eigenvalue weighted by atomic mass is 10.2. The summed E-state index contributed by atoms with van der Waals surface area (Å²) >= 11 is 0.925. The predicted octanol–water partition coefficient (Wildman–Crippen LogP) is 2.94. The maximum absolute atomic E-state index is 11.7. The zero-order valence-corrected chi connectivity index (χ0v) is 12.1. The first-order valence-corrected chi connectivity index (χ1v) is 8.20. The number of carbonyl (C=O) groups excluding carboxylic acids is 1. The first kappa shape index (κ1) is 14.5. The Hall–Kier alpha value is -0.590. The Morgan fingerprint density at radius 3 is 2.59 bits per heavy atom. The molecule has 0 amide bonds. The highest BCUT2D eigenvalue weighted by molar-refractivity contribution is 8.15. The Labute approximate surface area is 109 Å². The highest BCUT2D eigenvalue weighted by Gasteiger charge is 2.23. The van der Waals surface area contributed by atoms with Crippen LogP contribution < -0.4 is 0 Å². The summed E-state index contributed by atoms with van der Waals surface area (Å²) in [6, 6.07) is 0. The number of esters is 1. The second-order valence-electron chi connectivity index (χ2n) is 3.62. The Balaban J connectivity index is 3.02. The molecule has 0 aromatic carbocycles. The Morgan fingerprint density at radius 1 is 1.59 bits per heavy atom. The molecule has 0 fully saturated rings. The number of rotatable bonds is 4. The van der Waals surface area contributed by atoms with Gasteiger partial charge in [-0.3, -0.25) is 0 Å². The molecule has 0 bridgehead atoms. The quantitative estimate of drug-likeness (QED) is 0.633. The molecule has 1 unspecified atom stereocenters. The average Bonchev–Trinajstić information content (AvgIpc) is 2.59. The van der Waals surface area contributed by atoms with Crippen LogP contribution in [0.4, 0.5) is 0 Å². The largest absolute Gasteiger partial charge is 0.459 e. The van der Waals surface area contributed by atoms with Gasteiger partial charge < -0.3 is 4.74 Å². The second-order valence-corrected chi connectivity index (χ2v) is 7.26. The van der Waals surface area contributed by atoms with Crippen LogP contribution in [0.25, 0.3) is 0 Å². The smallest absolute Gasteiger partial charge is 0.339 e. The third kappa shape index (κ3) is 3.43. The molecule has 96 valence electrons. The Bertz CT molecular complexity index is 518. The van der Waals surface area contributed by atoms with Gasteiger partial charge in [0.25, 0.3) is 9.05 Å². The van der Waals surface area contributed by atoms with Crippen LogP contribution in [0.3, 0.4) is 0 Å². The number of hydrogen-bond donors (Lipinski definition) is 0. The second kappa shape index (κ2) is 5.37. The third-order valence-corrected chi connectivity index (χ3v) is 5.63. The van der Waals surface area contributed by atoms with Gasteiger partial charge in [-0.25, -0.2) is 13.2 Å². The van der Waals surface area contributed by atoms with Crippen LogP contribution in [0.15, 0.2) is 9.59 Å². The first-order valence-electron chi connectivity index (χ1n) is 5.01. The maximum atomic E-state index is 11.7. The van der Waals surface area contributed by atoms with Crippen molar-refractivity contribution >= 4 is 37.0 Å². The van der Waals surface area contributed by atoms with E-state index >= 15 is 0 Å². The van der Waals surface area contributed by atoms with Crippen molar-refractivity contribution < 1.29 is 17.9 Å². The van der Waals surface area contributed by atoms with Crippen LogP contribution in [-0.2, 0) is 13.8 Å². The predicted molar refractivity (Wildman–Crippen MR) is 67.3 cm³/mol. The highest BCUT2D eigenvalue weighted by atomic mass is 35.7. The first-order chi connectivity index (χ1) is 7.77. The van der Waals surface area contributed by atoms with Gasteiger partial charge in [-0.05, 0) is 25.8 Å². The van der Waals surface area contributed by atoms with Gasteiger partial charge in [0.15, 0.2) is 0 Å². The molecule has 1 heterocycles. The molecule has 0 N–H and O–H groups in total. The van der Waals surface area contributed by atoms with Crippen molar-refractivity contribution in [3.05, 3.63) is 16.5 Å². The van der Waals surface area contributed by atoms with Gasteiger partial charge in [0.2, 0.25) is 0 Å². The van der Waals surface area contributed by atoms with Crippen molar-refractivity contribution in [2.75, 3.05) is 0 Å². The van der Waals surface area contributed by atoms with Crippen molar-refractivity contribution in [3.8, 4) is 0 Å². The summed E-state index contributed by atoms with van der Waals surface area (Å²) < 4.78 is 27.5. The Kier molecular flexibility index (Phi) is 4.57. The molecule has 0 saturated heterocycles. The third-order valence-electron chi connectivity index (χ3n) is 2.32. The molecule has 7 heteroatoms. The van der Waals surface area contributed by atoms with Crippen molar-refractivity contribution in [2.24, 2.45) is 0 Å². The van der Waals surface area contributed by atoms with Crippen molar-refractivity contribution in [1.82, 2.24) is 0 Å². The molecule has 1 rings (SSSR count). The molecule has 0 saturated carbocycles. The molecule has 0 aliphatic rings. The van der Waals surface area contributed by atoms with Gasteiger partial charge >= 0.3 is 5.97 Å². The van der Waals surface area contributed by atoms with Crippen molar-refractivity contribution in [2.45, 2.75) is 37.5 Å². The molecule has 1 atom stereocenters. The summed E-state index contributed by atoms with van der Waals surface area (Å²) in [5, 5.41) is 1.45. The van der Waals surface area contributed by atoms with E-state index in [-0.39, 0.29) is 15.9 Å². The number of ether oxygens (including phenoxy) is 1. The maximum Gasteiger partial charge on any atom is 0.339 e. The minimum atomic E-state index is -3.80. The molecule has 0 spiro atoms. The van der Waals surface area contributed by atoms with Gasteiger partial charge in [0.1, 0.15) is 4.21 Å². The van der Waals surface area contributed by atoms with E-state index in [1.165, 1.54) is 5.38 Å². The van der Waals surface area contributed by atoms with Crippen LogP contribution in [-0.4, -0.2) is 20.5 Å². The zero-order chi connectivity index (χ0) is 13.2.